The van der Waals surface area contributed by atoms with E-state index in [1.165, 1.54) is 30.4 Å². The number of halogens is 1. The first-order valence-electron chi connectivity index (χ1n) is 7.21. The quantitative estimate of drug-likeness (QED) is 0.855. The first kappa shape index (κ1) is 13.7. The van der Waals surface area contributed by atoms with Crippen molar-refractivity contribution in [3.63, 3.8) is 0 Å². The Morgan fingerprint density at radius 2 is 1.60 bits per heavy atom. The van der Waals surface area contributed by atoms with Crippen LogP contribution in [0.3, 0.4) is 0 Å². The largest absolute Gasteiger partial charge is 0.384 e. The second-order valence-electron chi connectivity index (χ2n) is 5.65. The summed E-state index contributed by atoms with van der Waals surface area (Å²) in [6.45, 7) is 1.96. The van der Waals surface area contributed by atoms with E-state index in [0.29, 0.717) is 0 Å². The zero-order valence-electron chi connectivity index (χ0n) is 11.7. The van der Waals surface area contributed by atoms with E-state index in [1.54, 1.807) is 0 Å². The van der Waals surface area contributed by atoms with Crippen molar-refractivity contribution < 1.29 is 5.11 Å². The predicted molar refractivity (Wildman–Crippen MR) is 83.3 cm³/mol. The van der Waals surface area contributed by atoms with Crippen molar-refractivity contribution in [2.75, 3.05) is 0 Å². The van der Waals surface area contributed by atoms with Crippen molar-refractivity contribution in [1.29, 1.82) is 0 Å². The molecule has 3 rings (SSSR count). The molecule has 0 saturated heterocycles. The summed E-state index contributed by atoms with van der Waals surface area (Å²) < 4.78 is 0. The maximum Gasteiger partial charge on any atom is 0.104 e. The average Bonchev–Trinajstić information content (AvgIpc) is 2.49. The highest BCUT2D eigenvalue weighted by Gasteiger charge is 2.15. The van der Waals surface area contributed by atoms with Gasteiger partial charge in [-0.25, -0.2) is 0 Å². The Balaban J connectivity index is 1.93. The number of aliphatic hydroxyl groups is 1. The highest BCUT2D eigenvalue weighted by Crippen LogP contribution is 2.29. The Bertz CT molecular complexity index is 633. The summed E-state index contributed by atoms with van der Waals surface area (Å²) >= 11 is 6.04. The Labute approximate surface area is 125 Å². The van der Waals surface area contributed by atoms with Crippen molar-refractivity contribution in [2.45, 2.75) is 38.7 Å². The van der Waals surface area contributed by atoms with Crippen LogP contribution in [0.4, 0.5) is 0 Å². The van der Waals surface area contributed by atoms with Crippen LogP contribution >= 0.6 is 11.6 Å². The van der Waals surface area contributed by atoms with Gasteiger partial charge in [-0.1, -0.05) is 41.9 Å². The van der Waals surface area contributed by atoms with Crippen LogP contribution in [0, 0.1) is 6.92 Å². The Hall–Kier alpha value is -1.31. The molecule has 0 heterocycles. The van der Waals surface area contributed by atoms with Crippen molar-refractivity contribution in [1.82, 2.24) is 0 Å². The summed E-state index contributed by atoms with van der Waals surface area (Å²) in [5.41, 5.74) is 5.73. The molecule has 2 aromatic carbocycles. The second-order valence-corrected chi connectivity index (χ2v) is 6.05. The van der Waals surface area contributed by atoms with Crippen molar-refractivity contribution in [3.05, 3.63) is 69.2 Å². The van der Waals surface area contributed by atoms with Crippen LogP contribution < -0.4 is 0 Å². The fraction of sp³-hybridized carbons (Fsp3) is 0.333. The van der Waals surface area contributed by atoms with Crippen molar-refractivity contribution in [2.24, 2.45) is 0 Å². The van der Waals surface area contributed by atoms with Gasteiger partial charge < -0.3 is 5.11 Å². The summed E-state index contributed by atoms with van der Waals surface area (Å²) in [6.07, 6.45) is 4.28. The number of aliphatic hydroxyl groups excluding tert-OH is 1. The highest BCUT2D eigenvalue weighted by molar-refractivity contribution is 6.31. The van der Waals surface area contributed by atoms with Gasteiger partial charge in [-0.2, -0.15) is 0 Å². The molecule has 1 unspecified atom stereocenters. The van der Waals surface area contributed by atoms with Gasteiger partial charge in [0.2, 0.25) is 0 Å². The minimum Gasteiger partial charge on any atom is -0.384 e. The number of aryl methyl sites for hydroxylation is 3. The van der Waals surface area contributed by atoms with Crippen molar-refractivity contribution in [3.8, 4) is 0 Å². The molecular formula is C18H19ClO. The molecule has 1 aliphatic rings. The fourth-order valence-electron chi connectivity index (χ4n) is 2.95. The Morgan fingerprint density at radius 3 is 2.35 bits per heavy atom. The summed E-state index contributed by atoms with van der Waals surface area (Å²) in [5, 5.41) is 11.3. The molecular weight excluding hydrogens is 268 g/mol. The third-order valence-corrected chi connectivity index (χ3v) is 4.61. The molecule has 0 fully saturated rings. The first-order chi connectivity index (χ1) is 9.65. The normalized spacial score (nSPS) is 15.8. The summed E-state index contributed by atoms with van der Waals surface area (Å²) in [6, 6.07) is 12.1. The molecule has 1 aliphatic carbocycles. The topological polar surface area (TPSA) is 20.2 Å². The minimum atomic E-state index is -0.571. The molecule has 1 atom stereocenters. The molecule has 0 bridgehead atoms. The zero-order chi connectivity index (χ0) is 14.1. The van der Waals surface area contributed by atoms with Gasteiger partial charge in [0, 0.05) is 5.02 Å². The fourth-order valence-corrected chi connectivity index (χ4v) is 3.07. The van der Waals surface area contributed by atoms with Gasteiger partial charge in [0.25, 0.3) is 0 Å². The van der Waals surface area contributed by atoms with E-state index in [2.05, 4.69) is 18.2 Å². The number of hydrogen-bond acceptors (Lipinski definition) is 1. The van der Waals surface area contributed by atoms with Gasteiger partial charge in [-0.05, 0) is 66.5 Å². The van der Waals surface area contributed by atoms with Gasteiger partial charge >= 0.3 is 0 Å². The summed E-state index contributed by atoms with van der Waals surface area (Å²) in [4.78, 5) is 0. The van der Waals surface area contributed by atoms with Gasteiger partial charge in [0.15, 0.2) is 0 Å². The number of benzene rings is 2. The molecule has 0 spiro atoms. The van der Waals surface area contributed by atoms with E-state index in [1.807, 2.05) is 25.1 Å². The van der Waals surface area contributed by atoms with Gasteiger partial charge in [-0.3, -0.25) is 0 Å². The monoisotopic (exact) mass is 286 g/mol. The van der Waals surface area contributed by atoms with Gasteiger partial charge in [0.05, 0.1) is 0 Å². The van der Waals surface area contributed by atoms with Crippen LogP contribution in [0.2, 0.25) is 5.02 Å². The van der Waals surface area contributed by atoms with E-state index in [4.69, 9.17) is 11.6 Å². The lowest BCUT2D eigenvalue weighted by atomic mass is 9.88. The van der Waals surface area contributed by atoms with Gasteiger partial charge in [0.1, 0.15) is 6.10 Å². The van der Waals surface area contributed by atoms with Crippen molar-refractivity contribution >= 4 is 11.6 Å². The smallest absolute Gasteiger partial charge is 0.104 e. The number of hydrogen-bond donors (Lipinski definition) is 1. The summed E-state index contributed by atoms with van der Waals surface area (Å²) in [7, 11) is 0. The maximum absolute atomic E-state index is 10.6. The standard InChI is InChI=1S/C18H19ClO/c1-12-10-15(8-9-17(12)19)18(20)16-7-6-13-4-2-3-5-14(13)11-16/h6-11,18,20H,2-5H2,1H3. The molecule has 0 saturated carbocycles. The van der Waals surface area contributed by atoms with Crippen LogP contribution in [-0.2, 0) is 12.8 Å². The maximum atomic E-state index is 10.6. The van der Waals surface area contributed by atoms with E-state index in [9.17, 15) is 5.11 Å². The zero-order valence-corrected chi connectivity index (χ0v) is 12.5. The Kier molecular flexibility index (Phi) is 3.82. The highest BCUT2D eigenvalue weighted by atomic mass is 35.5. The lowest BCUT2D eigenvalue weighted by Gasteiger charge is -2.19. The van der Waals surface area contributed by atoms with E-state index in [0.717, 1.165) is 28.1 Å². The third-order valence-electron chi connectivity index (χ3n) is 4.19. The Morgan fingerprint density at radius 1 is 0.950 bits per heavy atom. The minimum absolute atomic E-state index is 0.571. The summed E-state index contributed by atoms with van der Waals surface area (Å²) in [5.74, 6) is 0. The van der Waals surface area contributed by atoms with Crippen LogP contribution in [0.1, 0.15) is 46.8 Å². The first-order valence-corrected chi connectivity index (χ1v) is 7.59. The molecule has 2 heteroatoms. The molecule has 0 radical (unpaired) electrons. The van der Waals surface area contributed by atoms with Gasteiger partial charge in [-0.15, -0.1) is 0 Å². The average molecular weight is 287 g/mol. The second kappa shape index (κ2) is 5.59. The van der Waals surface area contributed by atoms with E-state index in [-0.39, 0.29) is 0 Å². The molecule has 0 aromatic heterocycles. The SMILES string of the molecule is Cc1cc(C(O)c2ccc3c(c2)CCCC3)ccc1Cl. The van der Waals surface area contributed by atoms with Crippen LogP contribution in [-0.4, -0.2) is 5.11 Å². The van der Waals surface area contributed by atoms with E-state index < -0.39 is 6.10 Å². The van der Waals surface area contributed by atoms with Crippen LogP contribution in [0.15, 0.2) is 36.4 Å². The predicted octanol–water partition coefficient (Wildman–Crippen LogP) is 4.61. The number of fused-ring (bicyclic) bond motifs is 1. The van der Waals surface area contributed by atoms with E-state index >= 15 is 0 Å². The van der Waals surface area contributed by atoms with Crippen LogP contribution in [0.5, 0.6) is 0 Å². The molecule has 2 aromatic rings. The number of rotatable bonds is 2. The third kappa shape index (κ3) is 2.61. The lowest BCUT2D eigenvalue weighted by molar-refractivity contribution is 0.220. The molecule has 104 valence electrons. The molecule has 0 amide bonds. The lowest BCUT2D eigenvalue weighted by Crippen LogP contribution is -2.06. The molecule has 0 aliphatic heterocycles. The molecule has 1 N–H and O–H groups in total. The van der Waals surface area contributed by atoms with Crippen LogP contribution in [0.25, 0.3) is 0 Å². The molecule has 20 heavy (non-hydrogen) atoms. The molecule has 1 nitrogen and oxygen atoms in total.